The van der Waals surface area contributed by atoms with Gasteiger partial charge < -0.3 is 14.6 Å². The number of carboxylic acid groups (broad SMARTS) is 1. The SMILES string of the molecule is COc1ccc2c(OC3C=C(C(=O)O)CC3)cc(-c3ccccc3)nc2c1. The molecule has 0 saturated heterocycles. The predicted molar refractivity (Wildman–Crippen MR) is 103 cm³/mol. The smallest absolute Gasteiger partial charge is 0.331 e. The fraction of sp³-hybridized carbons (Fsp3) is 0.182. The fourth-order valence-corrected chi connectivity index (χ4v) is 3.28. The first kappa shape index (κ1) is 17.1. The molecule has 4 rings (SSSR count). The molecule has 27 heavy (non-hydrogen) atoms. The third-order valence-electron chi connectivity index (χ3n) is 4.69. The van der Waals surface area contributed by atoms with E-state index in [1.54, 1.807) is 13.2 Å². The second-order valence-corrected chi connectivity index (χ2v) is 6.45. The molecule has 1 atom stereocenters. The summed E-state index contributed by atoms with van der Waals surface area (Å²) in [6.45, 7) is 0. The van der Waals surface area contributed by atoms with E-state index < -0.39 is 5.97 Å². The largest absolute Gasteiger partial charge is 0.497 e. The number of fused-ring (bicyclic) bond motifs is 1. The van der Waals surface area contributed by atoms with Crippen molar-refractivity contribution in [2.45, 2.75) is 18.9 Å². The normalized spacial score (nSPS) is 16.2. The number of hydrogen-bond donors (Lipinski definition) is 1. The first-order valence-corrected chi connectivity index (χ1v) is 8.79. The molecule has 0 saturated carbocycles. The van der Waals surface area contributed by atoms with Gasteiger partial charge in [-0.05, 0) is 31.1 Å². The van der Waals surface area contributed by atoms with Crippen LogP contribution in [0.4, 0.5) is 0 Å². The van der Waals surface area contributed by atoms with E-state index in [9.17, 15) is 9.90 Å². The summed E-state index contributed by atoms with van der Waals surface area (Å²) in [5.41, 5.74) is 2.96. The molecular formula is C22H19NO4. The van der Waals surface area contributed by atoms with E-state index in [4.69, 9.17) is 14.5 Å². The third-order valence-corrected chi connectivity index (χ3v) is 4.69. The van der Waals surface area contributed by atoms with Crippen LogP contribution in [0.2, 0.25) is 0 Å². The van der Waals surface area contributed by atoms with Gasteiger partial charge in [0.05, 0.1) is 18.3 Å². The Bertz CT molecular complexity index is 1030. The van der Waals surface area contributed by atoms with Crippen LogP contribution in [0.15, 0.2) is 66.2 Å². The van der Waals surface area contributed by atoms with Crippen molar-refractivity contribution < 1.29 is 19.4 Å². The van der Waals surface area contributed by atoms with E-state index in [0.29, 0.717) is 24.2 Å². The summed E-state index contributed by atoms with van der Waals surface area (Å²) >= 11 is 0. The second kappa shape index (κ2) is 7.11. The predicted octanol–water partition coefficient (Wildman–Crippen LogP) is 4.46. The molecule has 5 nitrogen and oxygen atoms in total. The monoisotopic (exact) mass is 361 g/mol. The van der Waals surface area contributed by atoms with E-state index in [-0.39, 0.29) is 6.10 Å². The zero-order valence-electron chi connectivity index (χ0n) is 14.9. The van der Waals surface area contributed by atoms with Gasteiger partial charge in [-0.3, -0.25) is 0 Å². The molecule has 0 spiro atoms. The molecule has 1 aromatic heterocycles. The van der Waals surface area contributed by atoms with Crippen molar-refractivity contribution in [3.05, 3.63) is 66.2 Å². The zero-order valence-corrected chi connectivity index (χ0v) is 14.9. The summed E-state index contributed by atoms with van der Waals surface area (Å²) in [5.74, 6) is 0.532. The molecular weight excluding hydrogens is 342 g/mol. The number of aromatic nitrogens is 1. The maximum absolute atomic E-state index is 11.2. The maximum atomic E-state index is 11.2. The molecule has 0 radical (unpaired) electrons. The molecule has 1 unspecified atom stereocenters. The van der Waals surface area contributed by atoms with E-state index in [1.165, 1.54) is 0 Å². The summed E-state index contributed by atoms with van der Waals surface area (Å²) in [7, 11) is 1.62. The van der Waals surface area contributed by atoms with Crippen LogP contribution in [0.1, 0.15) is 12.8 Å². The highest BCUT2D eigenvalue weighted by atomic mass is 16.5. The van der Waals surface area contributed by atoms with Gasteiger partial charge in [0.15, 0.2) is 0 Å². The van der Waals surface area contributed by atoms with Crippen molar-refractivity contribution in [1.82, 2.24) is 4.98 Å². The van der Waals surface area contributed by atoms with Crippen LogP contribution in [-0.4, -0.2) is 29.3 Å². The maximum Gasteiger partial charge on any atom is 0.331 e. The molecule has 3 aromatic rings. The molecule has 1 aliphatic rings. The van der Waals surface area contributed by atoms with Gasteiger partial charge in [-0.15, -0.1) is 0 Å². The van der Waals surface area contributed by atoms with Crippen molar-refractivity contribution in [2.24, 2.45) is 0 Å². The third kappa shape index (κ3) is 3.49. The lowest BCUT2D eigenvalue weighted by Gasteiger charge is -2.16. The van der Waals surface area contributed by atoms with Crippen molar-refractivity contribution in [2.75, 3.05) is 7.11 Å². The summed E-state index contributed by atoms with van der Waals surface area (Å²) in [4.78, 5) is 15.9. The molecule has 5 heteroatoms. The molecule has 1 heterocycles. The second-order valence-electron chi connectivity index (χ2n) is 6.45. The van der Waals surface area contributed by atoms with Gasteiger partial charge in [-0.2, -0.15) is 0 Å². The van der Waals surface area contributed by atoms with Crippen LogP contribution in [0.3, 0.4) is 0 Å². The minimum absolute atomic E-state index is 0.257. The number of methoxy groups -OCH3 is 1. The van der Waals surface area contributed by atoms with Crippen molar-refractivity contribution in [1.29, 1.82) is 0 Å². The van der Waals surface area contributed by atoms with Crippen molar-refractivity contribution in [3.63, 3.8) is 0 Å². The van der Waals surface area contributed by atoms with Gasteiger partial charge >= 0.3 is 5.97 Å². The number of aliphatic carboxylic acids is 1. The Labute approximate surface area is 156 Å². The molecule has 0 aliphatic heterocycles. The van der Waals surface area contributed by atoms with Crippen LogP contribution >= 0.6 is 0 Å². The fourth-order valence-electron chi connectivity index (χ4n) is 3.28. The van der Waals surface area contributed by atoms with Crippen LogP contribution < -0.4 is 9.47 Å². The number of rotatable bonds is 5. The Morgan fingerprint density at radius 2 is 1.96 bits per heavy atom. The summed E-state index contributed by atoms with van der Waals surface area (Å²) in [5, 5.41) is 10.0. The first-order chi connectivity index (χ1) is 13.1. The van der Waals surface area contributed by atoms with Gasteiger partial charge in [0.1, 0.15) is 17.6 Å². The Kier molecular flexibility index (Phi) is 4.50. The average molecular weight is 361 g/mol. The molecule has 2 aromatic carbocycles. The molecule has 0 bridgehead atoms. The minimum atomic E-state index is -0.879. The van der Waals surface area contributed by atoms with E-state index in [0.717, 1.165) is 27.9 Å². The Hall–Kier alpha value is -3.34. The van der Waals surface area contributed by atoms with E-state index in [1.807, 2.05) is 54.6 Å². The number of ether oxygens (including phenoxy) is 2. The van der Waals surface area contributed by atoms with E-state index >= 15 is 0 Å². The number of carboxylic acids is 1. The molecule has 0 amide bonds. The Balaban J connectivity index is 1.79. The topological polar surface area (TPSA) is 68.7 Å². The van der Waals surface area contributed by atoms with Crippen LogP contribution in [0.25, 0.3) is 22.2 Å². The number of pyridine rings is 1. The lowest BCUT2D eigenvalue weighted by Crippen LogP contribution is -2.10. The van der Waals surface area contributed by atoms with Gasteiger partial charge in [0, 0.05) is 28.7 Å². The highest BCUT2D eigenvalue weighted by Gasteiger charge is 2.22. The molecule has 0 fully saturated rings. The summed E-state index contributed by atoms with van der Waals surface area (Å²) in [6.07, 6.45) is 2.61. The molecule has 1 N–H and O–H groups in total. The standard InChI is InChI=1S/C22H19NO4/c1-26-16-9-10-18-20(12-16)23-19(14-5-3-2-4-6-14)13-21(18)27-17-8-7-15(11-17)22(24)25/h2-6,9-13,17H,7-8H2,1H3,(H,24,25). The van der Waals surface area contributed by atoms with Gasteiger partial charge in [0.25, 0.3) is 0 Å². The number of benzene rings is 2. The van der Waals surface area contributed by atoms with Crippen LogP contribution in [-0.2, 0) is 4.79 Å². The highest BCUT2D eigenvalue weighted by Crippen LogP contribution is 2.34. The van der Waals surface area contributed by atoms with Crippen molar-refractivity contribution in [3.8, 4) is 22.8 Å². The quantitative estimate of drug-likeness (QED) is 0.726. The Morgan fingerprint density at radius 3 is 2.67 bits per heavy atom. The minimum Gasteiger partial charge on any atom is -0.497 e. The van der Waals surface area contributed by atoms with E-state index in [2.05, 4.69) is 0 Å². The van der Waals surface area contributed by atoms with Crippen molar-refractivity contribution >= 4 is 16.9 Å². The zero-order chi connectivity index (χ0) is 18.8. The number of carbonyl (C=O) groups is 1. The first-order valence-electron chi connectivity index (χ1n) is 8.79. The molecule has 136 valence electrons. The summed E-state index contributed by atoms with van der Waals surface area (Å²) in [6, 6.07) is 17.5. The van der Waals surface area contributed by atoms with Gasteiger partial charge in [-0.25, -0.2) is 9.78 Å². The lowest BCUT2D eigenvalue weighted by molar-refractivity contribution is -0.132. The van der Waals surface area contributed by atoms with Crippen LogP contribution in [0, 0.1) is 0 Å². The van der Waals surface area contributed by atoms with Crippen LogP contribution in [0.5, 0.6) is 11.5 Å². The van der Waals surface area contributed by atoms with Gasteiger partial charge in [0.2, 0.25) is 0 Å². The Morgan fingerprint density at radius 1 is 1.15 bits per heavy atom. The number of nitrogens with zero attached hydrogens (tertiary/aromatic N) is 1. The summed E-state index contributed by atoms with van der Waals surface area (Å²) < 4.78 is 11.5. The highest BCUT2D eigenvalue weighted by molar-refractivity contribution is 5.89. The lowest BCUT2D eigenvalue weighted by atomic mass is 10.1. The number of hydrogen-bond acceptors (Lipinski definition) is 4. The average Bonchev–Trinajstić information content (AvgIpc) is 3.17. The van der Waals surface area contributed by atoms with Gasteiger partial charge in [-0.1, -0.05) is 30.3 Å². The molecule has 1 aliphatic carbocycles.